The Balaban J connectivity index is 1.86. The first-order chi connectivity index (χ1) is 12.8. The lowest BCUT2D eigenvalue weighted by molar-refractivity contribution is 0.411. The Kier molecular flexibility index (Phi) is 15.0. The van der Waals surface area contributed by atoms with Crippen molar-refractivity contribution in [2.24, 2.45) is 16.6 Å². The summed E-state index contributed by atoms with van der Waals surface area (Å²) in [7, 11) is 0. The first kappa shape index (κ1) is 23.5. The summed E-state index contributed by atoms with van der Waals surface area (Å²) in [6.07, 6.45) is 22.4. The number of nitrogens with one attached hydrogen (secondary N) is 1. The van der Waals surface area contributed by atoms with Crippen LogP contribution in [-0.2, 0) is 0 Å². The number of amidine groups is 1. The maximum atomic E-state index is 6.39. The van der Waals surface area contributed by atoms with Gasteiger partial charge in [-0.3, -0.25) is 4.99 Å². The number of nitrogens with two attached hydrogens (primary N) is 1. The normalized spacial score (nSPS) is 16.3. The highest BCUT2D eigenvalue weighted by molar-refractivity contribution is 5.88. The Morgan fingerprint density at radius 3 is 1.73 bits per heavy atom. The number of aliphatic imine (C=N–C) groups is 1. The molecule has 1 heterocycles. The van der Waals surface area contributed by atoms with Crippen molar-refractivity contribution in [1.29, 1.82) is 0 Å². The van der Waals surface area contributed by atoms with Gasteiger partial charge in [-0.25, -0.2) is 0 Å². The van der Waals surface area contributed by atoms with Crippen LogP contribution in [0.2, 0.25) is 0 Å². The van der Waals surface area contributed by atoms with Crippen LogP contribution < -0.4 is 11.1 Å². The summed E-state index contributed by atoms with van der Waals surface area (Å²) in [5.74, 6) is 1.65. The van der Waals surface area contributed by atoms with E-state index in [1.54, 1.807) is 0 Å². The zero-order chi connectivity index (χ0) is 18.9. The summed E-state index contributed by atoms with van der Waals surface area (Å²) in [5, 5.41) is 3.35. The van der Waals surface area contributed by atoms with Crippen molar-refractivity contribution in [3.05, 3.63) is 0 Å². The minimum Gasteiger partial charge on any atom is -0.371 e. The van der Waals surface area contributed by atoms with Crippen LogP contribution in [-0.4, -0.2) is 25.0 Å². The smallest absolute Gasteiger partial charge is 0.114 e. The first-order valence-corrected chi connectivity index (χ1v) is 11.8. The molecule has 0 aliphatic carbocycles. The average molecular weight is 366 g/mol. The second-order valence-electron chi connectivity index (χ2n) is 8.27. The monoisotopic (exact) mass is 365 g/mol. The van der Waals surface area contributed by atoms with E-state index in [1.165, 1.54) is 103 Å². The molecule has 0 aromatic carbocycles. The van der Waals surface area contributed by atoms with Gasteiger partial charge in [-0.2, -0.15) is 0 Å². The first-order valence-electron chi connectivity index (χ1n) is 11.8. The Morgan fingerprint density at radius 1 is 0.808 bits per heavy atom. The van der Waals surface area contributed by atoms with Crippen molar-refractivity contribution in [1.82, 2.24) is 5.32 Å². The van der Waals surface area contributed by atoms with Gasteiger partial charge in [0.2, 0.25) is 0 Å². The van der Waals surface area contributed by atoms with Crippen molar-refractivity contribution in [2.75, 3.05) is 13.1 Å². The zero-order valence-corrected chi connectivity index (χ0v) is 17.9. The lowest BCUT2D eigenvalue weighted by Crippen LogP contribution is -2.43. The largest absolute Gasteiger partial charge is 0.371 e. The molecule has 0 aromatic heterocycles. The zero-order valence-electron chi connectivity index (χ0n) is 17.9. The quantitative estimate of drug-likeness (QED) is 0.284. The summed E-state index contributed by atoms with van der Waals surface area (Å²) in [5.41, 5.74) is 6.39. The van der Waals surface area contributed by atoms with Gasteiger partial charge >= 0.3 is 0 Å². The lowest BCUT2D eigenvalue weighted by Gasteiger charge is -2.22. The van der Waals surface area contributed by atoms with Gasteiger partial charge in [0.05, 0.1) is 12.6 Å². The topological polar surface area (TPSA) is 50.4 Å². The molecule has 2 atom stereocenters. The molecule has 0 aromatic rings. The van der Waals surface area contributed by atoms with Crippen LogP contribution in [0.15, 0.2) is 4.99 Å². The van der Waals surface area contributed by atoms with Gasteiger partial charge in [-0.15, -0.1) is 0 Å². The molecular formula is C23H47N3. The molecule has 2 unspecified atom stereocenters. The minimum atomic E-state index is 0.129. The van der Waals surface area contributed by atoms with E-state index in [9.17, 15) is 0 Å². The van der Waals surface area contributed by atoms with Gasteiger partial charge in [-0.05, 0) is 12.3 Å². The maximum Gasteiger partial charge on any atom is 0.114 e. The van der Waals surface area contributed by atoms with Crippen LogP contribution in [0.5, 0.6) is 0 Å². The maximum absolute atomic E-state index is 6.39. The van der Waals surface area contributed by atoms with Crippen molar-refractivity contribution < 1.29 is 0 Å². The summed E-state index contributed by atoms with van der Waals surface area (Å²) in [6, 6.07) is 0.129. The van der Waals surface area contributed by atoms with E-state index in [1.807, 2.05) is 0 Å². The number of unbranched alkanes of at least 4 members (excludes halogenated alkanes) is 13. The predicted octanol–water partition coefficient (Wildman–Crippen LogP) is 6.21. The molecule has 3 N–H and O–H groups in total. The van der Waals surface area contributed by atoms with Gasteiger partial charge in [0.15, 0.2) is 0 Å². The van der Waals surface area contributed by atoms with Crippen LogP contribution in [0.1, 0.15) is 117 Å². The number of rotatable bonds is 18. The fourth-order valence-corrected chi connectivity index (χ4v) is 4.10. The highest BCUT2D eigenvalue weighted by Crippen LogP contribution is 2.19. The summed E-state index contributed by atoms with van der Waals surface area (Å²) in [4.78, 5) is 4.50. The third-order valence-corrected chi connectivity index (χ3v) is 5.98. The number of hydrogen-bond acceptors (Lipinski definition) is 3. The highest BCUT2D eigenvalue weighted by atomic mass is 15.1. The molecule has 1 rings (SSSR count). The fourth-order valence-electron chi connectivity index (χ4n) is 4.10. The molecule has 1 aliphatic heterocycles. The van der Waals surface area contributed by atoms with E-state index < -0.39 is 0 Å². The molecule has 0 fully saturated rings. The Morgan fingerprint density at radius 2 is 1.31 bits per heavy atom. The van der Waals surface area contributed by atoms with Crippen molar-refractivity contribution in [2.45, 2.75) is 123 Å². The third-order valence-electron chi connectivity index (χ3n) is 5.98. The van der Waals surface area contributed by atoms with E-state index in [0.29, 0.717) is 5.92 Å². The molecule has 154 valence electrons. The number of nitrogens with zero attached hydrogens (tertiary/aromatic N) is 1. The van der Waals surface area contributed by atoms with Crippen LogP contribution in [0, 0.1) is 5.92 Å². The van der Waals surface area contributed by atoms with Crippen LogP contribution in [0.25, 0.3) is 0 Å². The predicted molar refractivity (Wildman–Crippen MR) is 117 cm³/mol. The molecule has 0 spiro atoms. The standard InChI is InChI=1S/C23H47N3/c1-3-5-6-7-8-9-10-11-12-13-14-15-16-17-18-21(4-2)22(24)23-25-19-20-26-23/h21-22H,3-20,24H2,1-2H3,(H,25,26). The van der Waals surface area contributed by atoms with Gasteiger partial charge in [0, 0.05) is 6.54 Å². The molecule has 0 bridgehead atoms. The van der Waals surface area contributed by atoms with E-state index >= 15 is 0 Å². The third kappa shape index (κ3) is 11.2. The van der Waals surface area contributed by atoms with Gasteiger partial charge in [0.25, 0.3) is 0 Å². The van der Waals surface area contributed by atoms with E-state index in [2.05, 4.69) is 24.2 Å². The van der Waals surface area contributed by atoms with E-state index in [0.717, 1.165) is 18.9 Å². The molecule has 3 nitrogen and oxygen atoms in total. The van der Waals surface area contributed by atoms with E-state index in [4.69, 9.17) is 5.73 Å². The number of hydrogen-bond donors (Lipinski definition) is 2. The summed E-state index contributed by atoms with van der Waals surface area (Å²) >= 11 is 0. The Labute approximate surface area is 164 Å². The van der Waals surface area contributed by atoms with Gasteiger partial charge in [0.1, 0.15) is 5.84 Å². The Hall–Kier alpha value is -0.570. The molecule has 0 amide bonds. The highest BCUT2D eigenvalue weighted by Gasteiger charge is 2.22. The van der Waals surface area contributed by atoms with Gasteiger partial charge < -0.3 is 11.1 Å². The molecule has 0 saturated carbocycles. The molecule has 0 radical (unpaired) electrons. The molecule has 0 saturated heterocycles. The lowest BCUT2D eigenvalue weighted by atomic mass is 9.90. The molecule has 3 heteroatoms. The van der Waals surface area contributed by atoms with Crippen molar-refractivity contribution in [3.63, 3.8) is 0 Å². The van der Waals surface area contributed by atoms with Crippen molar-refractivity contribution >= 4 is 5.84 Å². The Bertz CT molecular complexity index is 340. The van der Waals surface area contributed by atoms with Crippen LogP contribution in [0.3, 0.4) is 0 Å². The minimum absolute atomic E-state index is 0.129. The van der Waals surface area contributed by atoms with Gasteiger partial charge in [-0.1, -0.05) is 110 Å². The van der Waals surface area contributed by atoms with Crippen LogP contribution >= 0.6 is 0 Å². The molecular weight excluding hydrogens is 318 g/mol. The van der Waals surface area contributed by atoms with Crippen molar-refractivity contribution in [3.8, 4) is 0 Å². The summed E-state index contributed by atoms with van der Waals surface area (Å²) in [6.45, 7) is 6.43. The fraction of sp³-hybridized carbons (Fsp3) is 0.957. The van der Waals surface area contributed by atoms with Crippen LogP contribution in [0.4, 0.5) is 0 Å². The SMILES string of the molecule is CCCCCCCCCCCCCCCCC(CC)C(N)C1=NCCN1. The molecule has 1 aliphatic rings. The van der Waals surface area contributed by atoms with E-state index in [-0.39, 0.29) is 6.04 Å². The average Bonchev–Trinajstić information content (AvgIpc) is 3.19. The molecule has 26 heavy (non-hydrogen) atoms. The summed E-state index contributed by atoms with van der Waals surface area (Å²) < 4.78 is 0. The second kappa shape index (κ2) is 16.6. The second-order valence-corrected chi connectivity index (χ2v) is 8.27.